The highest BCUT2D eigenvalue weighted by atomic mass is 35.5. The minimum absolute atomic E-state index is 0.272. The minimum Gasteiger partial charge on any atom is -0.478 e. The Hall–Kier alpha value is -2.11. The molecule has 0 radical (unpaired) electrons. The zero-order valence-electron chi connectivity index (χ0n) is 11.1. The molecule has 2 rings (SSSR count). The number of carbonyl (C=O) groups is 2. The number of carboxylic acids is 1. The summed E-state index contributed by atoms with van der Waals surface area (Å²) >= 11 is 7.22. The Balaban J connectivity index is 2.19. The van der Waals surface area contributed by atoms with E-state index in [1.807, 2.05) is 6.92 Å². The zero-order valence-corrected chi connectivity index (χ0v) is 12.7. The van der Waals surface area contributed by atoms with Gasteiger partial charge in [0, 0.05) is 11.0 Å². The number of halogens is 1. The second kappa shape index (κ2) is 6.56. The molecule has 1 aromatic carbocycles. The van der Waals surface area contributed by atoms with Crippen LogP contribution in [-0.4, -0.2) is 17.0 Å². The number of hydrogen-bond acceptors (Lipinski definition) is 3. The molecule has 2 N–H and O–H groups in total. The molecule has 0 unspecified atom stereocenters. The summed E-state index contributed by atoms with van der Waals surface area (Å²) in [6, 6.07) is 8.69. The van der Waals surface area contributed by atoms with Crippen molar-refractivity contribution < 1.29 is 14.7 Å². The number of benzene rings is 1. The van der Waals surface area contributed by atoms with Crippen LogP contribution in [0, 0.1) is 6.92 Å². The number of anilines is 1. The Morgan fingerprint density at radius 3 is 2.71 bits per heavy atom. The van der Waals surface area contributed by atoms with Gasteiger partial charge in [0.05, 0.1) is 15.6 Å². The predicted molar refractivity (Wildman–Crippen MR) is 85.1 cm³/mol. The van der Waals surface area contributed by atoms with Crippen molar-refractivity contribution in [1.82, 2.24) is 0 Å². The van der Waals surface area contributed by atoms with Gasteiger partial charge in [-0.05, 0) is 36.8 Å². The Morgan fingerprint density at radius 1 is 1.33 bits per heavy atom. The summed E-state index contributed by atoms with van der Waals surface area (Å²) in [6.45, 7) is 1.82. The molecule has 0 aliphatic carbocycles. The normalized spacial score (nSPS) is 10.8. The van der Waals surface area contributed by atoms with E-state index in [-0.39, 0.29) is 5.91 Å². The summed E-state index contributed by atoms with van der Waals surface area (Å²) in [7, 11) is 0. The molecule has 4 nitrogen and oxygen atoms in total. The molecule has 0 bridgehead atoms. The van der Waals surface area contributed by atoms with Crippen LogP contribution in [0.25, 0.3) is 6.08 Å². The number of para-hydroxylation sites is 1. The fraction of sp³-hybridized carbons (Fsp3) is 0.0667. The van der Waals surface area contributed by atoms with E-state index >= 15 is 0 Å². The number of aryl methyl sites for hydroxylation is 1. The van der Waals surface area contributed by atoms with Gasteiger partial charge >= 0.3 is 5.97 Å². The second-order valence-electron chi connectivity index (χ2n) is 4.26. The molecule has 21 heavy (non-hydrogen) atoms. The van der Waals surface area contributed by atoms with Crippen LogP contribution < -0.4 is 5.32 Å². The molecule has 0 fully saturated rings. The summed E-state index contributed by atoms with van der Waals surface area (Å²) in [6.07, 6.45) is 2.53. The SMILES string of the molecule is Cc1cc(C(=O)Nc2ccccc2Cl)sc1/C=C/C(=O)O. The van der Waals surface area contributed by atoms with Crippen LogP contribution in [0.15, 0.2) is 36.4 Å². The van der Waals surface area contributed by atoms with Crippen LogP contribution in [0.4, 0.5) is 5.69 Å². The number of hydrogen-bond donors (Lipinski definition) is 2. The summed E-state index contributed by atoms with van der Waals surface area (Å²) in [4.78, 5) is 23.9. The van der Waals surface area contributed by atoms with Gasteiger partial charge in [-0.2, -0.15) is 0 Å². The summed E-state index contributed by atoms with van der Waals surface area (Å²) in [5.74, 6) is -1.30. The number of nitrogens with one attached hydrogen (secondary N) is 1. The van der Waals surface area contributed by atoms with Gasteiger partial charge < -0.3 is 10.4 Å². The largest absolute Gasteiger partial charge is 0.478 e. The Kier molecular flexibility index (Phi) is 4.77. The molecule has 0 saturated carbocycles. The molecular formula is C15H12ClNO3S. The van der Waals surface area contributed by atoms with Crippen molar-refractivity contribution in [2.45, 2.75) is 6.92 Å². The number of thiophene rings is 1. The number of aliphatic carboxylic acids is 1. The first kappa shape index (κ1) is 15.3. The highest BCUT2D eigenvalue weighted by molar-refractivity contribution is 7.15. The van der Waals surface area contributed by atoms with Crippen LogP contribution in [0.2, 0.25) is 5.02 Å². The van der Waals surface area contributed by atoms with Gasteiger partial charge in [0.2, 0.25) is 0 Å². The quantitative estimate of drug-likeness (QED) is 0.834. The molecule has 2 aromatic rings. The summed E-state index contributed by atoms with van der Waals surface area (Å²) < 4.78 is 0. The standard InChI is InChI=1S/C15H12ClNO3S/c1-9-8-13(21-12(9)6-7-14(18)19)15(20)17-11-5-3-2-4-10(11)16/h2-8H,1H3,(H,17,20)(H,18,19)/b7-6+. The average molecular weight is 322 g/mol. The lowest BCUT2D eigenvalue weighted by molar-refractivity contribution is -0.131. The molecule has 108 valence electrons. The van der Waals surface area contributed by atoms with E-state index in [0.29, 0.717) is 15.6 Å². The van der Waals surface area contributed by atoms with E-state index < -0.39 is 5.97 Å². The van der Waals surface area contributed by atoms with Crippen molar-refractivity contribution in [1.29, 1.82) is 0 Å². The van der Waals surface area contributed by atoms with Gasteiger partial charge in [-0.1, -0.05) is 23.7 Å². The first-order valence-electron chi connectivity index (χ1n) is 6.04. The van der Waals surface area contributed by atoms with Crippen molar-refractivity contribution in [2.24, 2.45) is 0 Å². The molecule has 1 heterocycles. The Morgan fingerprint density at radius 2 is 2.05 bits per heavy atom. The van der Waals surface area contributed by atoms with Crippen molar-refractivity contribution >= 4 is 46.6 Å². The van der Waals surface area contributed by atoms with Crippen molar-refractivity contribution in [3.8, 4) is 0 Å². The molecular weight excluding hydrogens is 310 g/mol. The number of rotatable bonds is 4. The minimum atomic E-state index is -1.02. The molecule has 0 atom stereocenters. The maximum absolute atomic E-state index is 12.2. The van der Waals surface area contributed by atoms with Gasteiger partial charge in [0.15, 0.2) is 0 Å². The van der Waals surface area contributed by atoms with Gasteiger partial charge in [-0.25, -0.2) is 4.79 Å². The maximum atomic E-state index is 12.2. The number of amides is 1. The van der Waals surface area contributed by atoms with Crippen molar-refractivity contribution in [2.75, 3.05) is 5.32 Å². The molecule has 0 aliphatic heterocycles. The second-order valence-corrected chi connectivity index (χ2v) is 5.75. The third-order valence-electron chi connectivity index (χ3n) is 2.68. The first-order chi connectivity index (χ1) is 9.97. The van der Waals surface area contributed by atoms with Gasteiger partial charge in [-0.15, -0.1) is 11.3 Å². The predicted octanol–water partition coefficient (Wildman–Crippen LogP) is 4.06. The summed E-state index contributed by atoms with van der Waals surface area (Å²) in [5.41, 5.74) is 1.39. The van der Waals surface area contributed by atoms with Crippen LogP contribution >= 0.6 is 22.9 Å². The lowest BCUT2D eigenvalue weighted by atomic mass is 10.2. The van der Waals surface area contributed by atoms with Gasteiger partial charge in [-0.3, -0.25) is 4.79 Å². The van der Waals surface area contributed by atoms with Crippen LogP contribution in [0.5, 0.6) is 0 Å². The van der Waals surface area contributed by atoms with Crippen molar-refractivity contribution in [3.05, 3.63) is 56.7 Å². The van der Waals surface area contributed by atoms with Crippen molar-refractivity contribution in [3.63, 3.8) is 0 Å². The first-order valence-corrected chi connectivity index (χ1v) is 7.24. The number of carbonyl (C=O) groups excluding carboxylic acids is 1. The molecule has 0 spiro atoms. The number of carboxylic acid groups (broad SMARTS) is 1. The zero-order chi connectivity index (χ0) is 15.4. The topological polar surface area (TPSA) is 66.4 Å². The Labute approximate surface area is 130 Å². The van der Waals surface area contributed by atoms with Gasteiger partial charge in [0.1, 0.15) is 0 Å². The van der Waals surface area contributed by atoms with E-state index in [4.69, 9.17) is 16.7 Å². The molecule has 1 aromatic heterocycles. The fourth-order valence-corrected chi connectivity index (χ4v) is 2.82. The lowest BCUT2D eigenvalue weighted by Gasteiger charge is -2.04. The van der Waals surface area contributed by atoms with Crippen LogP contribution in [0.1, 0.15) is 20.1 Å². The molecule has 6 heteroatoms. The van der Waals surface area contributed by atoms with E-state index in [9.17, 15) is 9.59 Å². The third kappa shape index (κ3) is 3.93. The Bertz CT molecular complexity index is 721. The molecule has 0 aliphatic rings. The van der Waals surface area contributed by atoms with E-state index in [2.05, 4.69) is 5.32 Å². The fourth-order valence-electron chi connectivity index (χ4n) is 1.67. The van der Waals surface area contributed by atoms with E-state index in [1.54, 1.807) is 30.3 Å². The van der Waals surface area contributed by atoms with E-state index in [1.165, 1.54) is 17.4 Å². The lowest BCUT2D eigenvalue weighted by Crippen LogP contribution is -2.10. The van der Waals surface area contributed by atoms with Gasteiger partial charge in [0.25, 0.3) is 5.91 Å². The maximum Gasteiger partial charge on any atom is 0.328 e. The molecule has 0 saturated heterocycles. The molecule has 1 amide bonds. The van der Waals surface area contributed by atoms with Crippen LogP contribution in [0.3, 0.4) is 0 Å². The van der Waals surface area contributed by atoms with Crippen LogP contribution in [-0.2, 0) is 4.79 Å². The average Bonchev–Trinajstić information content (AvgIpc) is 2.80. The smallest absolute Gasteiger partial charge is 0.328 e. The highest BCUT2D eigenvalue weighted by Crippen LogP contribution is 2.26. The monoisotopic (exact) mass is 321 g/mol. The third-order valence-corrected chi connectivity index (χ3v) is 4.21. The summed E-state index contributed by atoms with van der Waals surface area (Å²) in [5, 5.41) is 11.8. The van der Waals surface area contributed by atoms with E-state index in [0.717, 1.165) is 16.5 Å². The highest BCUT2D eigenvalue weighted by Gasteiger charge is 2.12.